The Bertz CT molecular complexity index is 633. The number of hydrogen-bond donors (Lipinski definition) is 1. The molecule has 0 saturated carbocycles. The largest absolute Gasteiger partial charge is 0.372 e. The van der Waals surface area contributed by atoms with E-state index in [0.29, 0.717) is 0 Å². The van der Waals surface area contributed by atoms with Gasteiger partial charge in [-0.1, -0.05) is 12.1 Å². The molecule has 22 heavy (non-hydrogen) atoms. The van der Waals surface area contributed by atoms with Crippen LogP contribution in [0.2, 0.25) is 0 Å². The number of carbonyl (C=O) groups is 2. The van der Waals surface area contributed by atoms with Crippen LogP contribution in [0.4, 0.5) is 5.69 Å². The van der Waals surface area contributed by atoms with Gasteiger partial charge in [-0.25, -0.2) is 0 Å². The molecular weight excluding hydrogens is 298 g/mol. The van der Waals surface area contributed by atoms with E-state index < -0.39 is 5.91 Å². The maximum Gasteiger partial charge on any atom is 0.265 e. The highest BCUT2D eigenvalue weighted by Gasteiger charge is 2.30. The molecule has 1 aromatic carbocycles. The van der Waals surface area contributed by atoms with Crippen LogP contribution in [0.5, 0.6) is 0 Å². The maximum atomic E-state index is 12.1. The second-order valence-electron chi connectivity index (χ2n) is 4.95. The summed E-state index contributed by atoms with van der Waals surface area (Å²) in [5, 5.41) is 2.63. The van der Waals surface area contributed by atoms with Gasteiger partial charge in [0.05, 0.1) is 0 Å². The van der Waals surface area contributed by atoms with Crippen molar-refractivity contribution in [2.75, 3.05) is 25.0 Å². The number of nitrogens with zero attached hydrogens (tertiary/aromatic N) is 2. The van der Waals surface area contributed by atoms with Crippen molar-refractivity contribution in [3.8, 4) is 0 Å². The molecule has 0 aliphatic carbocycles. The van der Waals surface area contributed by atoms with Gasteiger partial charge in [0, 0.05) is 25.8 Å². The number of benzene rings is 1. The molecule has 0 atom stereocenters. The predicted octanol–water partition coefficient (Wildman–Crippen LogP) is 1.79. The van der Waals surface area contributed by atoms with Gasteiger partial charge in [0.2, 0.25) is 0 Å². The van der Waals surface area contributed by atoms with E-state index in [1.54, 1.807) is 13.1 Å². The fourth-order valence-electron chi connectivity index (χ4n) is 2.28. The Labute approximate surface area is 135 Å². The lowest BCUT2D eigenvalue weighted by molar-refractivity contribution is -0.128. The summed E-state index contributed by atoms with van der Waals surface area (Å²) in [6, 6.07) is 7.76. The second kappa shape index (κ2) is 6.70. The highest BCUT2D eigenvalue weighted by molar-refractivity contribution is 7.80. The Morgan fingerprint density at radius 3 is 2.32 bits per heavy atom. The van der Waals surface area contributed by atoms with Crippen LogP contribution in [0.15, 0.2) is 29.8 Å². The van der Waals surface area contributed by atoms with Gasteiger partial charge in [0.25, 0.3) is 11.8 Å². The summed E-state index contributed by atoms with van der Waals surface area (Å²) >= 11 is 4.91. The predicted molar refractivity (Wildman–Crippen MR) is 91.5 cm³/mol. The zero-order valence-electron chi connectivity index (χ0n) is 12.9. The number of amides is 2. The monoisotopic (exact) mass is 317 g/mol. The van der Waals surface area contributed by atoms with E-state index in [1.807, 2.05) is 24.3 Å². The van der Waals surface area contributed by atoms with Crippen molar-refractivity contribution in [2.45, 2.75) is 13.8 Å². The molecule has 116 valence electrons. The van der Waals surface area contributed by atoms with Crippen molar-refractivity contribution in [1.29, 1.82) is 0 Å². The fraction of sp³-hybridized carbons (Fsp3) is 0.312. The lowest BCUT2D eigenvalue weighted by atomic mass is 10.1. The summed E-state index contributed by atoms with van der Waals surface area (Å²) in [6.07, 6.45) is 1.59. The van der Waals surface area contributed by atoms with Crippen molar-refractivity contribution < 1.29 is 9.59 Å². The highest BCUT2D eigenvalue weighted by Crippen LogP contribution is 2.18. The number of thiocarbonyl (C=S) groups is 1. The number of carbonyl (C=O) groups excluding carboxylic acids is 2. The highest BCUT2D eigenvalue weighted by atomic mass is 32.1. The second-order valence-corrected chi connectivity index (χ2v) is 5.33. The SMILES string of the molecule is CCN(CC)c1ccc(/C=C2\C(=O)NC(=S)N(C)C2=O)cc1. The van der Waals surface area contributed by atoms with Crippen LogP contribution in [0.3, 0.4) is 0 Å². The lowest BCUT2D eigenvalue weighted by Gasteiger charge is -2.25. The average molecular weight is 317 g/mol. The quantitative estimate of drug-likeness (QED) is 0.523. The van der Waals surface area contributed by atoms with Crippen molar-refractivity contribution in [3.63, 3.8) is 0 Å². The van der Waals surface area contributed by atoms with Gasteiger partial charge in [0.1, 0.15) is 5.57 Å². The first kappa shape index (κ1) is 16.2. The third kappa shape index (κ3) is 3.17. The van der Waals surface area contributed by atoms with Gasteiger partial charge in [0.15, 0.2) is 5.11 Å². The molecule has 1 aliphatic rings. The summed E-state index contributed by atoms with van der Waals surface area (Å²) in [6.45, 7) is 6.06. The summed E-state index contributed by atoms with van der Waals surface area (Å²) in [5.41, 5.74) is 2.01. The Balaban J connectivity index is 2.27. The van der Waals surface area contributed by atoms with Crippen LogP contribution in [-0.2, 0) is 9.59 Å². The molecule has 0 aromatic heterocycles. The molecule has 0 spiro atoms. The van der Waals surface area contributed by atoms with E-state index in [-0.39, 0.29) is 16.6 Å². The van der Waals surface area contributed by atoms with Crippen LogP contribution in [0.1, 0.15) is 19.4 Å². The topological polar surface area (TPSA) is 52.7 Å². The molecule has 2 rings (SSSR count). The fourth-order valence-corrected chi connectivity index (χ4v) is 2.46. The number of hydrogen-bond acceptors (Lipinski definition) is 4. The summed E-state index contributed by atoms with van der Waals surface area (Å²) in [7, 11) is 1.54. The molecular formula is C16H19N3O2S. The standard InChI is InChI=1S/C16H19N3O2S/c1-4-19(5-2)12-8-6-11(7-9-12)10-13-14(20)17-16(22)18(3)15(13)21/h6-10H,4-5H2,1-3H3,(H,17,20,22)/b13-10+. The number of anilines is 1. The smallest absolute Gasteiger partial charge is 0.265 e. The van der Waals surface area contributed by atoms with Crippen molar-refractivity contribution in [3.05, 3.63) is 35.4 Å². The van der Waals surface area contributed by atoms with Gasteiger partial charge >= 0.3 is 0 Å². The molecule has 1 fully saturated rings. The van der Waals surface area contributed by atoms with Gasteiger partial charge < -0.3 is 4.90 Å². The summed E-state index contributed by atoms with van der Waals surface area (Å²) in [4.78, 5) is 27.5. The van der Waals surface area contributed by atoms with Crippen molar-refractivity contribution in [2.24, 2.45) is 0 Å². The number of nitrogens with one attached hydrogen (secondary N) is 1. The first-order chi connectivity index (χ1) is 10.5. The Kier molecular flexibility index (Phi) is 4.92. The van der Waals surface area contributed by atoms with E-state index in [9.17, 15) is 9.59 Å². The first-order valence-electron chi connectivity index (χ1n) is 7.18. The first-order valence-corrected chi connectivity index (χ1v) is 7.58. The zero-order valence-corrected chi connectivity index (χ0v) is 13.7. The van der Waals surface area contributed by atoms with E-state index in [0.717, 1.165) is 24.3 Å². The molecule has 5 nitrogen and oxygen atoms in total. The minimum absolute atomic E-state index is 0.0895. The van der Waals surface area contributed by atoms with Crippen molar-refractivity contribution >= 4 is 40.9 Å². The molecule has 2 amide bonds. The molecule has 0 unspecified atom stereocenters. The average Bonchev–Trinajstić information content (AvgIpc) is 2.52. The van der Waals surface area contributed by atoms with Crippen LogP contribution in [0.25, 0.3) is 6.08 Å². The Morgan fingerprint density at radius 1 is 1.18 bits per heavy atom. The molecule has 6 heteroatoms. The molecule has 1 N–H and O–H groups in total. The minimum atomic E-state index is -0.457. The van der Waals surface area contributed by atoms with Gasteiger partial charge in [-0.05, 0) is 49.8 Å². The van der Waals surface area contributed by atoms with Crippen LogP contribution in [0, 0.1) is 0 Å². The Morgan fingerprint density at radius 2 is 1.77 bits per heavy atom. The molecule has 1 aromatic rings. The van der Waals surface area contributed by atoms with Crippen LogP contribution < -0.4 is 10.2 Å². The number of likely N-dealkylation sites (N-methyl/N-ethyl adjacent to an activating group) is 1. The molecule has 1 heterocycles. The van der Waals surface area contributed by atoms with Gasteiger partial charge in [-0.3, -0.25) is 19.8 Å². The lowest BCUT2D eigenvalue weighted by Crippen LogP contribution is -2.52. The van der Waals surface area contributed by atoms with E-state index >= 15 is 0 Å². The normalized spacial score (nSPS) is 17.0. The molecule has 0 radical (unpaired) electrons. The zero-order chi connectivity index (χ0) is 16.3. The van der Waals surface area contributed by atoms with Gasteiger partial charge in [-0.15, -0.1) is 0 Å². The third-order valence-electron chi connectivity index (χ3n) is 3.64. The molecule has 1 saturated heterocycles. The van der Waals surface area contributed by atoms with Crippen LogP contribution >= 0.6 is 12.2 Å². The molecule has 1 aliphatic heterocycles. The molecule has 0 bridgehead atoms. The summed E-state index contributed by atoms with van der Waals surface area (Å²) < 4.78 is 0. The summed E-state index contributed by atoms with van der Waals surface area (Å²) in [5.74, 6) is -0.845. The minimum Gasteiger partial charge on any atom is -0.372 e. The van der Waals surface area contributed by atoms with Crippen LogP contribution in [-0.4, -0.2) is 42.0 Å². The maximum absolute atomic E-state index is 12.1. The number of rotatable bonds is 4. The third-order valence-corrected chi connectivity index (χ3v) is 4.01. The van der Waals surface area contributed by atoms with Crippen molar-refractivity contribution in [1.82, 2.24) is 10.2 Å². The Hall–Kier alpha value is -2.21. The van der Waals surface area contributed by atoms with E-state index in [1.165, 1.54) is 4.90 Å². The van der Waals surface area contributed by atoms with E-state index in [2.05, 4.69) is 24.1 Å². The van der Waals surface area contributed by atoms with E-state index in [4.69, 9.17) is 12.2 Å². The van der Waals surface area contributed by atoms with Gasteiger partial charge in [-0.2, -0.15) is 0 Å².